The SMILES string of the molecule is CCn1cnnc1CN1C[C@@H]2NC(=O)CN(C3CC3)Cc3cccc(c3)Oc3cccc(c3)CO[C@H]2C1. The number of nitrogens with zero attached hydrogens (tertiary/aromatic N) is 5. The highest BCUT2D eigenvalue weighted by Gasteiger charge is 2.37. The fraction of sp³-hybridized carbons (Fsp3) is 0.464. The maximum absolute atomic E-state index is 13.3. The number of rotatable bonds is 4. The van der Waals surface area contributed by atoms with Crippen LogP contribution in [0.1, 0.15) is 36.7 Å². The van der Waals surface area contributed by atoms with E-state index >= 15 is 0 Å². The maximum Gasteiger partial charge on any atom is 0.234 e. The number of carbonyl (C=O) groups excluding carboxylic acids is 1. The van der Waals surface area contributed by atoms with E-state index in [0.717, 1.165) is 54.4 Å². The highest BCUT2D eigenvalue weighted by Crippen LogP contribution is 2.30. The Kier molecular flexibility index (Phi) is 6.91. The van der Waals surface area contributed by atoms with Gasteiger partial charge in [-0.25, -0.2) is 0 Å². The third-order valence-electron chi connectivity index (χ3n) is 7.38. The molecule has 4 bridgehead atoms. The van der Waals surface area contributed by atoms with Gasteiger partial charge in [-0.2, -0.15) is 0 Å². The predicted molar refractivity (Wildman–Crippen MR) is 138 cm³/mol. The molecule has 1 saturated carbocycles. The van der Waals surface area contributed by atoms with Gasteiger partial charge in [0.25, 0.3) is 0 Å². The fourth-order valence-electron chi connectivity index (χ4n) is 5.32. The lowest BCUT2D eigenvalue weighted by molar-refractivity contribution is -0.124. The van der Waals surface area contributed by atoms with Crippen molar-refractivity contribution in [2.45, 2.75) is 64.2 Å². The first-order valence-corrected chi connectivity index (χ1v) is 13.2. The summed E-state index contributed by atoms with van der Waals surface area (Å²) in [5, 5.41) is 11.7. The summed E-state index contributed by atoms with van der Waals surface area (Å²) < 4.78 is 14.7. The molecule has 0 spiro atoms. The van der Waals surface area contributed by atoms with Gasteiger partial charge in [0.15, 0.2) is 0 Å². The van der Waals surface area contributed by atoms with Crippen LogP contribution in [-0.4, -0.2) is 68.3 Å². The zero-order valence-electron chi connectivity index (χ0n) is 21.3. The Morgan fingerprint density at radius 2 is 1.81 bits per heavy atom. The van der Waals surface area contributed by atoms with Gasteiger partial charge < -0.3 is 19.4 Å². The van der Waals surface area contributed by atoms with E-state index in [1.54, 1.807) is 6.33 Å². The monoisotopic (exact) mass is 502 g/mol. The number of amides is 1. The minimum Gasteiger partial charge on any atom is -0.457 e. The van der Waals surface area contributed by atoms with Crippen LogP contribution < -0.4 is 10.1 Å². The van der Waals surface area contributed by atoms with E-state index in [4.69, 9.17) is 9.47 Å². The summed E-state index contributed by atoms with van der Waals surface area (Å²) in [6.07, 6.45) is 3.92. The lowest BCUT2D eigenvalue weighted by atomic mass is 10.1. The molecule has 3 aromatic rings. The summed E-state index contributed by atoms with van der Waals surface area (Å²) in [7, 11) is 0. The average molecular weight is 503 g/mol. The van der Waals surface area contributed by atoms with Crippen molar-refractivity contribution in [2.75, 3.05) is 19.6 Å². The van der Waals surface area contributed by atoms with E-state index in [-0.39, 0.29) is 18.1 Å². The van der Waals surface area contributed by atoms with Crippen LogP contribution in [0.15, 0.2) is 54.9 Å². The molecular weight excluding hydrogens is 468 g/mol. The normalized spacial score (nSPS) is 23.3. The standard InChI is InChI=1S/C28H34N6O3/c1-2-33-19-29-31-27(33)16-32-14-25-26(15-32)36-18-21-6-4-8-24(12-21)37-23-7-3-5-20(11-23)13-34(22-9-10-22)17-28(35)30-25/h3-8,11-12,19,22,25-26H,2,9-10,13-18H2,1H3,(H,30,35)/t25-,26-/m0/s1. The summed E-state index contributed by atoms with van der Waals surface area (Å²) in [4.78, 5) is 17.9. The molecule has 3 heterocycles. The smallest absolute Gasteiger partial charge is 0.234 e. The van der Waals surface area contributed by atoms with Crippen molar-refractivity contribution < 1.29 is 14.3 Å². The predicted octanol–water partition coefficient (Wildman–Crippen LogP) is 2.95. The van der Waals surface area contributed by atoms with Crippen LogP contribution >= 0.6 is 0 Å². The molecule has 2 aromatic carbocycles. The topological polar surface area (TPSA) is 84.8 Å². The summed E-state index contributed by atoms with van der Waals surface area (Å²) in [6, 6.07) is 16.6. The summed E-state index contributed by atoms with van der Waals surface area (Å²) >= 11 is 0. The van der Waals surface area contributed by atoms with E-state index in [1.807, 2.05) is 36.4 Å². The van der Waals surface area contributed by atoms with Crippen molar-refractivity contribution in [3.8, 4) is 11.5 Å². The lowest BCUT2D eigenvalue weighted by Crippen LogP contribution is -2.48. The minimum absolute atomic E-state index is 0.0468. The van der Waals surface area contributed by atoms with Crippen molar-refractivity contribution >= 4 is 5.91 Å². The van der Waals surface area contributed by atoms with E-state index in [0.29, 0.717) is 38.8 Å². The number of aryl methyl sites for hydroxylation is 1. The molecule has 0 unspecified atom stereocenters. The van der Waals surface area contributed by atoms with Gasteiger partial charge in [0.2, 0.25) is 5.91 Å². The Morgan fingerprint density at radius 3 is 2.59 bits per heavy atom. The highest BCUT2D eigenvalue weighted by atomic mass is 16.5. The molecule has 0 radical (unpaired) electrons. The van der Waals surface area contributed by atoms with Gasteiger partial charge in [-0.1, -0.05) is 24.3 Å². The van der Waals surface area contributed by atoms with Crippen molar-refractivity contribution in [3.63, 3.8) is 0 Å². The molecule has 9 nitrogen and oxygen atoms in total. The minimum atomic E-state index is -0.124. The van der Waals surface area contributed by atoms with Crippen LogP contribution in [0.3, 0.4) is 0 Å². The molecular formula is C28H34N6O3. The quantitative estimate of drug-likeness (QED) is 0.587. The van der Waals surface area contributed by atoms with E-state index in [2.05, 4.69) is 48.9 Å². The van der Waals surface area contributed by atoms with Crippen LogP contribution in [0.2, 0.25) is 0 Å². The Labute approximate surface area is 217 Å². The van der Waals surface area contributed by atoms with Gasteiger partial charge >= 0.3 is 0 Å². The molecule has 1 N–H and O–H groups in total. The molecule has 37 heavy (non-hydrogen) atoms. The van der Waals surface area contributed by atoms with Gasteiger partial charge in [0, 0.05) is 32.2 Å². The van der Waals surface area contributed by atoms with Gasteiger partial charge in [0.1, 0.15) is 23.7 Å². The molecule has 6 rings (SSSR count). The lowest BCUT2D eigenvalue weighted by Gasteiger charge is -2.25. The first-order valence-electron chi connectivity index (χ1n) is 13.2. The number of nitrogens with one attached hydrogen (secondary N) is 1. The highest BCUT2D eigenvalue weighted by molar-refractivity contribution is 5.78. The largest absolute Gasteiger partial charge is 0.457 e. The molecule has 2 aliphatic heterocycles. The van der Waals surface area contributed by atoms with Crippen LogP contribution in [0.25, 0.3) is 0 Å². The van der Waals surface area contributed by atoms with Gasteiger partial charge in [-0.3, -0.25) is 14.6 Å². The zero-order valence-corrected chi connectivity index (χ0v) is 21.3. The number of benzene rings is 2. The number of fused-ring (bicyclic) bond motifs is 5. The second kappa shape index (κ2) is 10.6. The third-order valence-corrected chi connectivity index (χ3v) is 7.38. The Hall–Kier alpha value is -3.27. The van der Waals surface area contributed by atoms with Crippen molar-refractivity contribution in [1.29, 1.82) is 0 Å². The number of carbonyl (C=O) groups is 1. The number of hydrogen-bond acceptors (Lipinski definition) is 7. The number of hydrogen-bond donors (Lipinski definition) is 1. The first-order chi connectivity index (χ1) is 18.1. The van der Waals surface area contributed by atoms with Gasteiger partial charge in [-0.05, 0) is 55.2 Å². The molecule has 1 amide bonds. The second-order valence-electron chi connectivity index (χ2n) is 10.3. The van der Waals surface area contributed by atoms with Crippen LogP contribution in [-0.2, 0) is 35.8 Å². The molecule has 9 heteroatoms. The molecule has 2 atom stereocenters. The number of aromatic nitrogens is 3. The van der Waals surface area contributed by atoms with Crippen molar-refractivity contribution in [1.82, 2.24) is 29.9 Å². The maximum atomic E-state index is 13.3. The van der Waals surface area contributed by atoms with E-state index < -0.39 is 0 Å². The molecule has 1 aromatic heterocycles. The van der Waals surface area contributed by atoms with Crippen LogP contribution in [0, 0.1) is 0 Å². The number of likely N-dealkylation sites (tertiary alicyclic amines) is 1. The molecule has 1 saturated heterocycles. The van der Waals surface area contributed by atoms with Gasteiger partial charge in [0.05, 0.1) is 31.8 Å². The fourth-order valence-corrected chi connectivity index (χ4v) is 5.32. The Morgan fingerprint density at radius 1 is 1.03 bits per heavy atom. The summed E-state index contributed by atoms with van der Waals surface area (Å²) in [5.41, 5.74) is 2.18. The van der Waals surface area contributed by atoms with Crippen LogP contribution in [0.5, 0.6) is 11.5 Å². The first kappa shape index (κ1) is 24.1. The van der Waals surface area contributed by atoms with E-state index in [9.17, 15) is 4.79 Å². The number of ether oxygens (including phenoxy) is 2. The average Bonchev–Trinajstić information content (AvgIpc) is 3.54. The van der Waals surface area contributed by atoms with Crippen molar-refractivity contribution in [3.05, 3.63) is 71.8 Å². The van der Waals surface area contributed by atoms with E-state index in [1.165, 1.54) is 0 Å². The van der Waals surface area contributed by atoms with Crippen molar-refractivity contribution in [2.24, 2.45) is 0 Å². The molecule has 3 aliphatic rings. The Balaban J connectivity index is 1.24. The Bertz CT molecular complexity index is 1240. The summed E-state index contributed by atoms with van der Waals surface area (Å²) in [5.74, 6) is 2.57. The molecule has 2 fully saturated rings. The molecule has 194 valence electrons. The zero-order chi connectivity index (χ0) is 25.2. The second-order valence-corrected chi connectivity index (χ2v) is 10.3. The third kappa shape index (κ3) is 5.84. The van der Waals surface area contributed by atoms with Gasteiger partial charge in [-0.15, -0.1) is 10.2 Å². The van der Waals surface area contributed by atoms with Crippen LogP contribution in [0.4, 0.5) is 0 Å². The molecule has 1 aliphatic carbocycles. The summed E-state index contributed by atoms with van der Waals surface area (Å²) in [6.45, 7) is 6.56.